The van der Waals surface area contributed by atoms with Crippen molar-refractivity contribution in [3.63, 3.8) is 0 Å². The van der Waals surface area contributed by atoms with Crippen LogP contribution in [0.15, 0.2) is 29.3 Å². The zero-order valence-corrected chi connectivity index (χ0v) is 18.9. The first-order chi connectivity index (χ1) is 14.4. The number of aryl methyl sites for hydroxylation is 3. The highest BCUT2D eigenvalue weighted by Crippen LogP contribution is 2.35. The summed E-state index contributed by atoms with van der Waals surface area (Å²) in [5.41, 5.74) is 4.14. The summed E-state index contributed by atoms with van der Waals surface area (Å²) < 4.78 is 1.49. The van der Waals surface area contributed by atoms with Crippen LogP contribution in [0.1, 0.15) is 61.7 Å². The minimum absolute atomic E-state index is 0.103. The van der Waals surface area contributed by atoms with E-state index in [2.05, 4.69) is 31.1 Å². The Morgan fingerprint density at radius 1 is 1.30 bits per heavy atom. The van der Waals surface area contributed by atoms with Gasteiger partial charge in [0.15, 0.2) is 0 Å². The molecule has 6 heteroatoms. The second-order valence-electron chi connectivity index (χ2n) is 8.31. The van der Waals surface area contributed by atoms with E-state index in [1.54, 1.807) is 18.3 Å². The molecule has 2 aromatic heterocycles. The van der Waals surface area contributed by atoms with E-state index in [0.29, 0.717) is 11.3 Å². The topological polar surface area (TPSA) is 64.0 Å². The first kappa shape index (κ1) is 20.8. The normalized spacial score (nSPS) is 17.0. The van der Waals surface area contributed by atoms with E-state index in [1.807, 2.05) is 18.2 Å². The van der Waals surface area contributed by atoms with E-state index >= 15 is 0 Å². The highest BCUT2D eigenvalue weighted by Gasteiger charge is 2.25. The van der Waals surface area contributed by atoms with Crippen LogP contribution in [-0.2, 0) is 30.5 Å². The van der Waals surface area contributed by atoms with Crippen molar-refractivity contribution >= 4 is 33.1 Å². The van der Waals surface area contributed by atoms with E-state index in [0.717, 1.165) is 59.3 Å². The molecule has 0 fully saturated rings. The Morgan fingerprint density at radius 3 is 2.67 bits per heavy atom. The summed E-state index contributed by atoms with van der Waals surface area (Å²) in [6.45, 7) is 8.18. The first-order valence-corrected chi connectivity index (χ1v) is 11.7. The number of amides is 1. The number of benzene rings is 1. The molecule has 1 aromatic carbocycles. The van der Waals surface area contributed by atoms with Gasteiger partial charge in [0.2, 0.25) is 5.91 Å². The van der Waals surface area contributed by atoms with Gasteiger partial charge in [-0.2, -0.15) is 0 Å². The van der Waals surface area contributed by atoms with Crippen LogP contribution in [0, 0.1) is 5.92 Å². The molecule has 30 heavy (non-hydrogen) atoms. The number of rotatable bonds is 5. The monoisotopic (exact) mass is 423 g/mol. The number of anilines is 1. The van der Waals surface area contributed by atoms with Crippen molar-refractivity contribution < 1.29 is 4.79 Å². The Hall–Kier alpha value is -2.47. The molecule has 1 N–H and O–H groups in total. The third-order valence-corrected chi connectivity index (χ3v) is 7.45. The van der Waals surface area contributed by atoms with Crippen molar-refractivity contribution in [1.29, 1.82) is 0 Å². The fraction of sp³-hybridized carbons (Fsp3) is 0.458. The van der Waals surface area contributed by atoms with E-state index in [1.165, 1.54) is 15.8 Å². The molecular formula is C24H29N3O2S. The van der Waals surface area contributed by atoms with E-state index in [-0.39, 0.29) is 11.5 Å². The van der Waals surface area contributed by atoms with Gasteiger partial charge in [0.25, 0.3) is 5.56 Å². The molecule has 5 nitrogen and oxygen atoms in total. The largest absolute Gasteiger partial charge is 0.324 e. The molecule has 0 unspecified atom stereocenters. The molecule has 0 radical (unpaired) electrons. The minimum Gasteiger partial charge on any atom is -0.324 e. The fourth-order valence-electron chi connectivity index (χ4n) is 4.38. The average molecular weight is 424 g/mol. The molecule has 2 atom stereocenters. The van der Waals surface area contributed by atoms with Gasteiger partial charge in [0.1, 0.15) is 10.9 Å². The molecule has 4 rings (SSSR count). The highest BCUT2D eigenvalue weighted by molar-refractivity contribution is 7.18. The molecule has 0 spiro atoms. The van der Waals surface area contributed by atoms with Crippen LogP contribution in [0.3, 0.4) is 0 Å². The highest BCUT2D eigenvalue weighted by atomic mass is 32.1. The maximum absolute atomic E-state index is 13.3. The molecule has 1 aliphatic carbocycles. The standard InChI is InChI=1S/C24H29N3O2S/c1-5-16-8-7-9-17(6-2)21(16)26-22(28)15(4)27-13-25-23-20(24(27)29)18-11-10-14(3)12-19(18)30-23/h7-9,13-15H,5-6,10-12H2,1-4H3,(H,26,28)/t14-,15+/m1/s1. The zero-order valence-electron chi connectivity index (χ0n) is 18.1. The predicted octanol–water partition coefficient (Wildman–Crippen LogP) is 4.91. The number of fused-ring (bicyclic) bond motifs is 3. The lowest BCUT2D eigenvalue weighted by molar-refractivity contribution is -0.118. The van der Waals surface area contributed by atoms with Crippen molar-refractivity contribution in [1.82, 2.24) is 9.55 Å². The van der Waals surface area contributed by atoms with Gasteiger partial charge in [-0.25, -0.2) is 4.98 Å². The van der Waals surface area contributed by atoms with Gasteiger partial charge in [-0.05, 0) is 61.6 Å². The van der Waals surface area contributed by atoms with Crippen LogP contribution in [0.25, 0.3) is 10.2 Å². The van der Waals surface area contributed by atoms with Crippen LogP contribution in [0.5, 0.6) is 0 Å². The summed E-state index contributed by atoms with van der Waals surface area (Å²) in [7, 11) is 0. The van der Waals surface area contributed by atoms with Crippen LogP contribution < -0.4 is 10.9 Å². The van der Waals surface area contributed by atoms with Gasteiger partial charge in [-0.15, -0.1) is 11.3 Å². The molecule has 0 saturated carbocycles. The molecule has 2 heterocycles. The van der Waals surface area contributed by atoms with E-state index in [4.69, 9.17) is 0 Å². The molecule has 0 aliphatic heterocycles. The lowest BCUT2D eigenvalue weighted by Crippen LogP contribution is -2.32. The smallest absolute Gasteiger partial charge is 0.263 e. The second-order valence-corrected chi connectivity index (χ2v) is 9.40. The summed E-state index contributed by atoms with van der Waals surface area (Å²) in [6, 6.07) is 5.47. The molecule has 1 aliphatic rings. The van der Waals surface area contributed by atoms with Crippen LogP contribution in [0.2, 0.25) is 0 Å². The molecular weight excluding hydrogens is 394 g/mol. The quantitative estimate of drug-likeness (QED) is 0.634. The average Bonchev–Trinajstić information content (AvgIpc) is 3.11. The number of hydrogen-bond acceptors (Lipinski definition) is 4. The summed E-state index contributed by atoms with van der Waals surface area (Å²) in [6.07, 6.45) is 6.24. The van der Waals surface area contributed by atoms with Gasteiger partial charge in [0.05, 0.1) is 11.7 Å². The van der Waals surface area contributed by atoms with Gasteiger partial charge in [-0.1, -0.05) is 39.0 Å². The Labute approximate surface area is 181 Å². The third kappa shape index (κ3) is 3.58. The Bertz CT molecular complexity index is 1140. The van der Waals surface area contributed by atoms with E-state index < -0.39 is 6.04 Å². The SMILES string of the molecule is CCc1cccc(CC)c1NC(=O)[C@H](C)n1cnc2sc3c(c2c1=O)CC[C@@H](C)C3. The number of nitrogens with zero attached hydrogens (tertiary/aromatic N) is 2. The fourth-order valence-corrected chi connectivity index (χ4v) is 5.72. The molecule has 0 bridgehead atoms. The summed E-state index contributed by atoms with van der Waals surface area (Å²) >= 11 is 1.63. The Kier molecular flexibility index (Phi) is 5.78. The number of carbonyl (C=O) groups is 1. The van der Waals surface area contributed by atoms with E-state index in [9.17, 15) is 9.59 Å². The van der Waals surface area contributed by atoms with Gasteiger partial charge in [0, 0.05) is 10.6 Å². The van der Waals surface area contributed by atoms with Crippen molar-refractivity contribution in [2.24, 2.45) is 5.92 Å². The number of carbonyl (C=O) groups excluding carboxylic acids is 1. The number of hydrogen-bond donors (Lipinski definition) is 1. The molecule has 3 aromatic rings. The lowest BCUT2D eigenvalue weighted by Gasteiger charge is -2.19. The zero-order chi connectivity index (χ0) is 21.4. The van der Waals surface area contributed by atoms with Crippen molar-refractivity contribution in [3.05, 3.63) is 56.4 Å². The number of thiophene rings is 1. The lowest BCUT2D eigenvalue weighted by atomic mass is 9.89. The van der Waals surface area contributed by atoms with Crippen LogP contribution in [-0.4, -0.2) is 15.5 Å². The predicted molar refractivity (Wildman–Crippen MR) is 124 cm³/mol. The van der Waals surface area contributed by atoms with Gasteiger partial charge >= 0.3 is 0 Å². The van der Waals surface area contributed by atoms with Gasteiger partial charge < -0.3 is 5.32 Å². The number of nitrogens with one attached hydrogen (secondary N) is 1. The van der Waals surface area contributed by atoms with Crippen LogP contribution in [0.4, 0.5) is 5.69 Å². The summed E-state index contributed by atoms with van der Waals surface area (Å²) in [5, 5.41) is 3.81. The van der Waals surface area contributed by atoms with Crippen LogP contribution >= 0.6 is 11.3 Å². The number of para-hydroxylation sites is 1. The maximum Gasteiger partial charge on any atom is 0.263 e. The minimum atomic E-state index is -0.637. The third-order valence-electron chi connectivity index (χ3n) is 6.28. The van der Waals surface area contributed by atoms with Gasteiger partial charge in [-0.3, -0.25) is 14.2 Å². The number of aromatic nitrogens is 2. The molecule has 0 saturated heterocycles. The van der Waals surface area contributed by atoms with Crippen molar-refractivity contribution in [3.8, 4) is 0 Å². The maximum atomic E-state index is 13.3. The molecule has 1 amide bonds. The summed E-state index contributed by atoms with van der Waals surface area (Å²) in [5.74, 6) is 0.454. The Balaban J connectivity index is 1.69. The summed E-state index contributed by atoms with van der Waals surface area (Å²) in [4.78, 5) is 33.1. The van der Waals surface area contributed by atoms with Crippen molar-refractivity contribution in [2.75, 3.05) is 5.32 Å². The molecule has 158 valence electrons. The first-order valence-electron chi connectivity index (χ1n) is 10.9. The van der Waals surface area contributed by atoms with Crippen molar-refractivity contribution in [2.45, 2.75) is 65.8 Å². The Morgan fingerprint density at radius 2 is 2.00 bits per heavy atom. The second kappa shape index (κ2) is 8.34.